The number of carbonyl (C=O) groups excluding carboxylic acids is 4. The van der Waals surface area contributed by atoms with E-state index in [1.165, 1.54) is 40.8 Å². The van der Waals surface area contributed by atoms with Crippen LogP contribution in [0.5, 0.6) is 17.2 Å². The van der Waals surface area contributed by atoms with Crippen molar-refractivity contribution in [1.29, 1.82) is 0 Å². The average molecular weight is 1060 g/mol. The van der Waals surface area contributed by atoms with Crippen molar-refractivity contribution < 1.29 is 51.3 Å². The number of urea groups is 1. The van der Waals surface area contributed by atoms with E-state index >= 15 is 17.6 Å². The summed E-state index contributed by atoms with van der Waals surface area (Å²) in [5.41, 5.74) is 10.0. The minimum atomic E-state index is -0.948. The molecule has 0 bridgehead atoms. The molecule has 5 aromatic rings. The van der Waals surface area contributed by atoms with Crippen molar-refractivity contribution in [1.82, 2.24) is 30.2 Å². The molecule has 1 unspecified atom stereocenters. The van der Waals surface area contributed by atoms with Gasteiger partial charge in [-0.3, -0.25) is 29.3 Å². The van der Waals surface area contributed by atoms with Gasteiger partial charge in [0, 0.05) is 86.1 Å². The number of fused-ring (bicyclic) bond motifs is 1. The fraction of sp³-hybridized carbons (Fsp3) is 0.414. The molecule has 406 valence electrons. The molecular formula is C58H64F4N8O7. The summed E-state index contributed by atoms with van der Waals surface area (Å²) in [5, 5.41) is 19.4. The summed E-state index contributed by atoms with van der Waals surface area (Å²) in [6.45, 7) is 8.45. The molecule has 1 aliphatic carbocycles. The zero-order valence-corrected chi connectivity index (χ0v) is 43.6. The van der Waals surface area contributed by atoms with Crippen LogP contribution in [0, 0.1) is 47.9 Å². The quantitative estimate of drug-likeness (QED) is 0.0549. The number of piperidine rings is 2. The van der Waals surface area contributed by atoms with Gasteiger partial charge in [-0.05, 0) is 124 Å². The van der Waals surface area contributed by atoms with E-state index in [-0.39, 0.29) is 106 Å². The number of aryl methyl sites for hydroxylation is 1. The van der Waals surface area contributed by atoms with Crippen molar-refractivity contribution in [2.24, 2.45) is 30.5 Å². The number of imide groups is 1. The van der Waals surface area contributed by atoms with E-state index in [2.05, 4.69) is 33.3 Å². The molecule has 4 atom stereocenters. The third-order valence-electron chi connectivity index (χ3n) is 15.6. The second-order valence-electron chi connectivity index (χ2n) is 20.6. The predicted octanol–water partition coefficient (Wildman–Crippen LogP) is 9.22. The molecule has 4 heterocycles. The Kier molecular flexibility index (Phi) is 16.5. The molecule has 1 aromatic heterocycles. The first-order chi connectivity index (χ1) is 37.0. The molecule has 0 spiro atoms. The second-order valence-corrected chi connectivity index (χ2v) is 20.6. The SMILES string of the molecule is Cc1c(F)cc(Oc2ccccc2)c(C(C)C=C=CNC2=CC[C@@H](C(=O)N3CC[C@H](CN4CCC(c5c(F)cc6c(N7CCC(=O)NC7=O)nn(C)c6c5F)CC4)[C@H](C)C3)CC2)c1-c1c(C(N)=O)ccc(OCCO)c1F. The Morgan fingerprint density at radius 1 is 0.961 bits per heavy atom. The molecule has 5 N–H and O–H groups in total. The normalized spacial score (nSPS) is 19.8. The van der Waals surface area contributed by atoms with Gasteiger partial charge in [0.15, 0.2) is 23.2 Å². The van der Waals surface area contributed by atoms with Crippen LogP contribution in [0.4, 0.5) is 28.2 Å². The number of hydrogen-bond donors (Lipinski definition) is 4. The molecule has 3 aliphatic heterocycles. The van der Waals surface area contributed by atoms with Crippen LogP contribution in [0.3, 0.4) is 0 Å². The highest BCUT2D eigenvalue weighted by Gasteiger charge is 2.37. The Labute approximate surface area is 444 Å². The zero-order chi connectivity index (χ0) is 54.7. The lowest BCUT2D eigenvalue weighted by Gasteiger charge is -2.42. The maximum Gasteiger partial charge on any atom is 0.329 e. The maximum absolute atomic E-state index is 16.5. The number of amides is 5. The Bertz CT molecular complexity index is 3190. The molecule has 19 heteroatoms. The lowest BCUT2D eigenvalue weighted by Crippen LogP contribution is -2.49. The van der Waals surface area contributed by atoms with Gasteiger partial charge in [-0.1, -0.05) is 38.1 Å². The van der Waals surface area contributed by atoms with Gasteiger partial charge in [0.05, 0.1) is 17.6 Å². The van der Waals surface area contributed by atoms with Crippen molar-refractivity contribution in [2.45, 2.75) is 77.6 Å². The number of primary amides is 1. The molecular weight excluding hydrogens is 997 g/mol. The highest BCUT2D eigenvalue weighted by molar-refractivity contribution is 6.09. The third kappa shape index (κ3) is 11.5. The van der Waals surface area contributed by atoms with Gasteiger partial charge in [0.1, 0.15) is 35.3 Å². The zero-order valence-electron chi connectivity index (χ0n) is 43.6. The van der Waals surface area contributed by atoms with Crippen LogP contribution in [-0.2, 0) is 16.6 Å². The molecule has 4 aliphatic rings. The number of anilines is 1. The van der Waals surface area contributed by atoms with E-state index in [1.54, 1.807) is 49.7 Å². The van der Waals surface area contributed by atoms with Crippen LogP contribution < -0.4 is 30.7 Å². The van der Waals surface area contributed by atoms with Crippen molar-refractivity contribution in [3.8, 4) is 28.4 Å². The molecule has 0 radical (unpaired) electrons. The van der Waals surface area contributed by atoms with Gasteiger partial charge < -0.3 is 35.4 Å². The predicted molar refractivity (Wildman–Crippen MR) is 282 cm³/mol. The monoisotopic (exact) mass is 1060 g/mol. The lowest BCUT2D eigenvalue weighted by molar-refractivity contribution is -0.138. The average Bonchev–Trinajstić information content (AvgIpc) is 3.84. The van der Waals surface area contributed by atoms with Crippen LogP contribution in [0.2, 0.25) is 0 Å². The molecule has 3 fully saturated rings. The second kappa shape index (κ2) is 23.4. The van der Waals surface area contributed by atoms with Crippen molar-refractivity contribution in [3.63, 3.8) is 0 Å². The summed E-state index contributed by atoms with van der Waals surface area (Å²) in [5.74, 6) is -4.32. The number of aliphatic hydroxyl groups is 1. The number of hydrogen-bond acceptors (Lipinski definition) is 10. The molecule has 5 amide bonds. The van der Waals surface area contributed by atoms with Crippen LogP contribution in [-0.4, -0.2) is 101 Å². The van der Waals surface area contributed by atoms with Crippen LogP contribution >= 0.6 is 0 Å². The van der Waals surface area contributed by atoms with Gasteiger partial charge in [-0.15, -0.1) is 5.73 Å². The lowest BCUT2D eigenvalue weighted by atomic mass is 9.83. The summed E-state index contributed by atoms with van der Waals surface area (Å²) < 4.78 is 77.5. The summed E-state index contributed by atoms with van der Waals surface area (Å²) in [4.78, 5) is 56.6. The van der Waals surface area contributed by atoms with Crippen molar-refractivity contribution in [2.75, 3.05) is 57.4 Å². The summed E-state index contributed by atoms with van der Waals surface area (Å²) in [7, 11) is 1.56. The van der Waals surface area contributed by atoms with E-state index < -0.39 is 47.0 Å². The first-order valence-electron chi connectivity index (χ1n) is 26.3. The highest BCUT2D eigenvalue weighted by Crippen LogP contribution is 2.46. The van der Waals surface area contributed by atoms with E-state index in [0.717, 1.165) is 18.7 Å². The summed E-state index contributed by atoms with van der Waals surface area (Å²) in [6.07, 6.45) is 9.33. The Balaban J connectivity index is 0.805. The topological polar surface area (TPSA) is 185 Å². The number of benzene rings is 4. The molecule has 9 rings (SSSR count). The summed E-state index contributed by atoms with van der Waals surface area (Å²) in [6, 6.07) is 13.1. The smallest absolute Gasteiger partial charge is 0.329 e. The van der Waals surface area contributed by atoms with Gasteiger partial charge in [0.2, 0.25) is 17.7 Å². The molecule has 15 nitrogen and oxygen atoms in total. The number of halogens is 4. The molecule has 0 saturated carbocycles. The van der Waals surface area contributed by atoms with E-state index in [9.17, 15) is 24.3 Å². The minimum absolute atomic E-state index is 0.0369. The fourth-order valence-corrected chi connectivity index (χ4v) is 11.4. The third-order valence-corrected chi connectivity index (χ3v) is 15.6. The van der Waals surface area contributed by atoms with Gasteiger partial charge in [0.25, 0.3) is 0 Å². The van der Waals surface area contributed by atoms with Crippen LogP contribution in [0.15, 0.2) is 84.4 Å². The first-order valence-corrected chi connectivity index (χ1v) is 26.3. The van der Waals surface area contributed by atoms with Crippen LogP contribution in [0.25, 0.3) is 22.0 Å². The number of nitrogens with two attached hydrogens (primary N) is 1. The van der Waals surface area contributed by atoms with Gasteiger partial charge in [-0.2, -0.15) is 5.10 Å². The first kappa shape index (κ1) is 54.3. The highest BCUT2D eigenvalue weighted by atomic mass is 19.1. The van der Waals surface area contributed by atoms with Gasteiger partial charge >= 0.3 is 6.03 Å². The van der Waals surface area contributed by atoms with Gasteiger partial charge in [-0.25, -0.2) is 22.4 Å². The molecule has 3 saturated heterocycles. The minimum Gasteiger partial charge on any atom is -0.488 e. The Morgan fingerprint density at radius 2 is 1.73 bits per heavy atom. The fourth-order valence-electron chi connectivity index (χ4n) is 11.4. The number of ether oxygens (including phenoxy) is 2. The summed E-state index contributed by atoms with van der Waals surface area (Å²) >= 11 is 0. The molecule has 77 heavy (non-hydrogen) atoms. The number of aromatic nitrogens is 2. The Hall–Kier alpha value is -7.47. The standard InChI is InChI=1S/C58H64F4N8O7/c1-33(48-46(77-40-10-6-5-7-11-40)30-43(59)35(3)49(48)51-41(55(63)73)16-17-45(52(51)61)76-28-27-71)9-8-22-64-39-14-12-37(13-15-39)57(74)69-25-20-38(34(2)31-69)32-68-23-18-36(19-24-68)50-44(60)29-42-54(53(50)62)67(4)66-56(42)70-26-21-47(72)65-58(70)75/h5-7,9-11,14,16-17,22,29-30,33-34,36-38,64,71H,12-13,15,18-21,23-28,31-32H2,1-4H3,(H2,63,73)(H,65,72,75)/t8?,33?,34-,37-,38-/m1/s1. The van der Waals surface area contributed by atoms with E-state index in [0.29, 0.717) is 75.5 Å². The van der Waals surface area contributed by atoms with Crippen molar-refractivity contribution >= 4 is 40.5 Å². The number of rotatable bonds is 16. The molecule has 4 aromatic carbocycles. The number of aliphatic hydroxyl groups excluding tert-OH is 1. The van der Waals surface area contributed by atoms with E-state index in [4.69, 9.17) is 15.2 Å². The maximum atomic E-state index is 16.5. The number of allylic oxidation sites excluding steroid dienone is 3. The number of likely N-dealkylation sites (tertiary alicyclic amines) is 2. The Morgan fingerprint density at radius 3 is 2.42 bits per heavy atom. The van der Waals surface area contributed by atoms with Crippen molar-refractivity contribution in [3.05, 3.63) is 130 Å². The van der Waals surface area contributed by atoms with Crippen LogP contribution in [0.1, 0.15) is 97.7 Å². The number of nitrogens with zero attached hydrogens (tertiary/aromatic N) is 5. The number of carbonyl (C=O) groups is 4. The number of nitrogens with one attached hydrogen (secondary N) is 2. The number of para-hydroxylation sites is 1. The largest absolute Gasteiger partial charge is 0.488 e. The van der Waals surface area contributed by atoms with E-state index in [1.807, 2.05) is 17.9 Å².